The van der Waals surface area contributed by atoms with Gasteiger partial charge in [-0.3, -0.25) is 10.2 Å². The highest BCUT2D eigenvalue weighted by molar-refractivity contribution is 5.91. The summed E-state index contributed by atoms with van der Waals surface area (Å²) in [6.07, 6.45) is 1.54. The van der Waals surface area contributed by atoms with Crippen LogP contribution in [0.5, 0.6) is 5.75 Å². The first-order valence-corrected chi connectivity index (χ1v) is 7.37. The number of nitrogens with zero attached hydrogens (tertiary/aromatic N) is 3. The van der Waals surface area contributed by atoms with Crippen LogP contribution in [0.2, 0.25) is 0 Å². The third-order valence-corrected chi connectivity index (χ3v) is 3.39. The first-order chi connectivity index (χ1) is 11.6. The molecule has 1 aromatic heterocycles. The Bertz CT molecular complexity index is 716. The monoisotopic (exact) mass is 338 g/mol. The standard InChI is InChI=1S/C15H16F2N4O3/c16-11-1-2-14(12(17)9-11)24-10-21-4-3-13(18-21)15(22)19-20-5-7-23-8-6-20/h1-4,9H,5-8,10H2,(H,19,22). The lowest BCUT2D eigenvalue weighted by Crippen LogP contribution is -2.48. The van der Waals surface area contributed by atoms with Crippen LogP contribution in [0.25, 0.3) is 0 Å². The second-order valence-corrected chi connectivity index (χ2v) is 5.13. The number of amides is 1. The Hall–Kier alpha value is -2.52. The molecule has 0 radical (unpaired) electrons. The summed E-state index contributed by atoms with van der Waals surface area (Å²) in [6, 6.07) is 4.56. The van der Waals surface area contributed by atoms with Crippen molar-refractivity contribution >= 4 is 5.91 Å². The molecule has 1 saturated heterocycles. The topological polar surface area (TPSA) is 68.6 Å². The first-order valence-electron chi connectivity index (χ1n) is 7.37. The highest BCUT2D eigenvalue weighted by Crippen LogP contribution is 2.17. The summed E-state index contributed by atoms with van der Waals surface area (Å²) in [5, 5.41) is 5.82. The maximum atomic E-state index is 13.5. The Balaban J connectivity index is 1.55. The fourth-order valence-corrected chi connectivity index (χ4v) is 2.16. The van der Waals surface area contributed by atoms with Gasteiger partial charge in [-0.25, -0.2) is 18.5 Å². The summed E-state index contributed by atoms with van der Waals surface area (Å²) in [5.74, 6) is -1.91. The summed E-state index contributed by atoms with van der Waals surface area (Å²) in [6.45, 7) is 2.24. The van der Waals surface area contributed by atoms with Crippen molar-refractivity contribution < 1.29 is 23.0 Å². The van der Waals surface area contributed by atoms with Crippen molar-refractivity contribution in [2.24, 2.45) is 0 Å². The van der Waals surface area contributed by atoms with Crippen LogP contribution in [0.1, 0.15) is 10.5 Å². The van der Waals surface area contributed by atoms with E-state index in [1.807, 2.05) is 0 Å². The van der Waals surface area contributed by atoms with E-state index in [4.69, 9.17) is 9.47 Å². The molecule has 1 aliphatic heterocycles. The van der Waals surface area contributed by atoms with Gasteiger partial charge in [0, 0.05) is 25.4 Å². The van der Waals surface area contributed by atoms with Gasteiger partial charge in [0.25, 0.3) is 5.91 Å². The fourth-order valence-electron chi connectivity index (χ4n) is 2.16. The van der Waals surface area contributed by atoms with Gasteiger partial charge in [0.15, 0.2) is 24.0 Å². The molecule has 128 valence electrons. The van der Waals surface area contributed by atoms with E-state index in [1.165, 1.54) is 23.0 Å². The molecule has 0 atom stereocenters. The molecule has 1 aromatic carbocycles. The van der Waals surface area contributed by atoms with Crippen LogP contribution in [0, 0.1) is 11.6 Å². The molecule has 0 bridgehead atoms. The molecule has 0 saturated carbocycles. The average molecular weight is 338 g/mol. The number of morpholine rings is 1. The Morgan fingerprint density at radius 1 is 1.29 bits per heavy atom. The summed E-state index contributed by atoms with van der Waals surface area (Å²) >= 11 is 0. The molecular weight excluding hydrogens is 322 g/mol. The number of nitrogens with one attached hydrogen (secondary N) is 1. The summed E-state index contributed by atoms with van der Waals surface area (Å²) in [7, 11) is 0. The SMILES string of the molecule is O=C(NN1CCOCC1)c1ccn(COc2ccc(F)cc2F)n1. The lowest BCUT2D eigenvalue weighted by Gasteiger charge is -2.26. The number of rotatable bonds is 5. The summed E-state index contributed by atoms with van der Waals surface area (Å²) in [4.78, 5) is 12.1. The van der Waals surface area contributed by atoms with Gasteiger partial charge in [-0.2, -0.15) is 5.10 Å². The average Bonchev–Trinajstić information content (AvgIpc) is 3.04. The van der Waals surface area contributed by atoms with Crippen molar-refractivity contribution in [3.8, 4) is 5.75 Å². The number of halogens is 2. The zero-order valence-corrected chi connectivity index (χ0v) is 12.7. The second kappa shape index (κ2) is 7.37. The van der Waals surface area contributed by atoms with Crippen LogP contribution < -0.4 is 10.2 Å². The largest absolute Gasteiger partial charge is 0.468 e. The Labute approximate surface area is 136 Å². The van der Waals surface area contributed by atoms with E-state index in [0.29, 0.717) is 26.3 Å². The van der Waals surface area contributed by atoms with Gasteiger partial charge in [-0.15, -0.1) is 0 Å². The Morgan fingerprint density at radius 2 is 2.08 bits per heavy atom. The van der Waals surface area contributed by atoms with E-state index < -0.39 is 11.6 Å². The molecule has 7 nitrogen and oxygen atoms in total. The molecule has 24 heavy (non-hydrogen) atoms. The quantitative estimate of drug-likeness (QED) is 0.887. The third kappa shape index (κ3) is 4.06. The van der Waals surface area contributed by atoms with Crippen molar-refractivity contribution in [2.75, 3.05) is 26.3 Å². The molecule has 1 amide bonds. The van der Waals surface area contributed by atoms with Crippen molar-refractivity contribution in [1.29, 1.82) is 0 Å². The number of carbonyl (C=O) groups is 1. The molecule has 1 fully saturated rings. The van der Waals surface area contributed by atoms with Gasteiger partial charge in [-0.1, -0.05) is 0 Å². The van der Waals surface area contributed by atoms with E-state index >= 15 is 0 Å². The smallest absolute Gasteiger partial charge is 0.286 e. The molecule has 3 rings (SSSR count). The molecule has 0 spiro atoms. The minimum Gasteiger partial charge on any atom is -0.468 e. The molecule has 9 heteroatoms. The molecule has 1 N–H and O–H groups in total. The second-order valence-electron chi connectivity index (χ2n) is 5.13. The van der Waals surface area contributed by atoms with Crippen LogP contribution in [-0.4, -0.2) is 47.0 Å². The van der Waals surface area contributed by atoms with E-state index in [1.54, 1.807) is 5.01 Å². The number of hydrogen-bond acceptors (Lipinski definition) is 5. The minimum atomic E-state index is -0.799. The van der Waals surface area contributed by atoms with Gasteiger partial charge < -0.3 is 9.47 Å². The van der Waals surface area contributed by atoms with Crippen LogP contribution >= 0.6 is 0 Å². The van der Waals surface area contributed by atoms with Crippen molar-refractivity contribution in [3.63, 3.8) is 0 Å². The fraction of sp³-hybridized carbons (Fsp3) is 0.333. The van der Waals surface area contributed by atoms with Crippen LogP contribution in [0.15, 0.2) is 30.5 Å². The summed E-state index contributed by atoms with van der Waals surface area (Å²) in [5.41, 5.74) is 2.95. The van der Waals surface area contributed by atoms with Gasteiger partial charge in [0.1, 0.15) is 5.82 Å². The van der Waals surface area contributed by atoms with E-state index in [2.05, 4.69) is 10.5 Å². The number of hydrogen-bond donors (Lipinski definition) is 1. The van der Waals surface area contributed by atoms with E-state index in [-0.39, 0.29) is 24.1 Å². The zero-order chi connectivity index (χ0) is 16.9. The van der Waals surface area contributed by atoms with Gasteiger partial charge in [0.05, 0.1) is 13.2 Å². The van der Waals surface area contributed by atoms with Crippen molar-refractivity contribution in [2.45, 2.75) is 6.73 Å². The van der Waals surface area contributed by atoms with Crippen LogP contribution in [0.3, 0.4) is 0 Å². The lowest BCUT2D eigenvalue weighted by molar-refractivity contribution is 0.0124. The number of aromatic nitrogens is 2. The number of benzene rings is 1. The predicted octanol–water partition coefficient (Wildman–Crippen LogP) is 1.17. The van der Waals surface area contributed by atoms with Crippen molar-refractivity contribution in [3.05, 3.63) is 47.8 Å². The molecule has 2 aromatic rings. The minimum absolute atomic E-state index is 0.0915. The van der Waals surface area contributed by atoms with Gasteiger partial charge in [-0.05, 0) is 18.2 Å². The van der Waals surface area contributed by atoms with Gasteiger partial charge in [0.2, 0.25) is 0 Å². The lowest BCUT2D eigenvalue weighted by atomic mass is 10.3. The Kier molecular flexibility index (Phi) is 5.02. The van der Waals surface area contributed by atoms with Crippen molar-refractivity contribution in [1.82, 2.24) is 20.2 Å². The highest BCUT2D eigenvalue weighted by Gasteiger charge is 2.16. The number of carbonyl (C=O) groups excluding carboxylic acids is 1. The maximum absolute atomic E-state index is 13.5. The molecular formula is C15H16F2N4O3. The normalized spacial score (nSPS) is 15.2. The Morgan fingerprint density at radius 3 is 2.83 bits per heavy atom. The van der Waals surface area contributed by atoms with Crippen LogP contribution in [-0.2, 0) is 11.5 Å². The summed E-state index contributed by atoms with van der Waals surface area (Å²) < 4.78 is 38.1. The van der Waals surface area contributed by atoms with Gasteiger partial charge >= 0.3 is 0 Å². The molecule has 0 aliphatic carbocycles. The first kappa shape index (κ1) is 16.3. The number of hydrazine groups is 1. The maximum Gasteiger partial charge on any atom is 0.286 e. The zero-order valence-electron chi connectivity index (χ0n) is 12.7. The molecule has 1 aliphatic rings. The molecule has 2 heterocycles. The molecule has 0 unspecified atom stereocenters. The predicted molar refractivity (Wildman–Crippen MR) is 79.1 cm³/mol. The highest BCUT2D eigenvalue weighted by atomic mass is 19.1. The number of ether oxygens (including phenoxy) is 2. The van der Waals surface area contributed by atoms with E-state index in [9.17, 15) is 13.6 Å². The van der Waals surface area contributed by atoms with E-state index in [0.717, 1.165) is 12.1 Å². The van der Waals surface area contributed by atoms with Crippen LogP contribution in [0.4, 0.5) is 8.78 Å². The third-order valence-electron chi connectivity index (χ3n) is 3.39.